The Labute approximate surface area is 202 Å². The quantitative estimate of drug-likeness (QED) is 0.343. The minimum Gasteiger partial charge on any atom is -0.444 e. The lowest BCUT2D eigenvalue weighted by molar-refractivity contribution is -0.384. The minimum atomic E-state index is -0.582. The van der Waals surface area contributed by atoms with Gasteiger partial charge in [-0.2, -0.15) is 0 Å². The molecule has 0 spiro atoms. The van der Waals surface area contributed by atoms with Crippen molar-refractivity contribution in [3.63, 3.8) is 0 Å². The number of nitro benzene ring substituents is 1. The van der Waals surface area contributed by atoms with Gasteiger partial charge in [0, 0.05) is 34.5 Å². The number of benzene rings is 2. The van der Waals surface area contributed by atoms with Gasteiger partial charge < -0.3 is 14.8 Å². The monoisotopic (exact) mass is 469 g/mol. The number of nitro groups is 1. The van der Waals surface area contributed by atoms with Crippen LogP contribution in [-0.2, 0) is 9.53 Å². The Bertz CT molecular complexity index is 1030. The number of rotatable bonds is 2. The number of carbonyl (C=O) groups is 2. The fourth-order valence-corrected chi connectivity index (χ4v) is 2.18. The molecule has 184 valence electrons. The normalized spacial score (nSPS) is 10.2. The number of aryl methyl sites for hydroxylation is 1. The standard InChI is InChI=1S/C20H20N2O4.C5H13N.CH2O/c1-14-10-16(13-18(11-14)22(24)25)9-8-15-6-5-7-17(12-15)21-19(23)26-20(2,3)4;1-5(2,3)6-4;1-2/h5-7,10-13H,1-4H3,(H,21,23);6H,1-4H3;1H2. The van der Waals surface area contributed by atoms with Crippen molar-refractivity contribution in [1.29, 1.82) is 0 Å². The molecule has 0 aliphatic carbocycles. The van der Waals surface area contributed by atoms with Gasteiger partial charge in [0.1, 0.15) is 12.4 Å². The predicted octanol–water partition coefficient (Wildman–Crippen LogP) is 5.47. The van der Waals surface area contributed by atoms with Crippen molar-refractivity contribution in [2.75, 3.05) is 12.4 Å². The van der Waals surface area contributed by atoms with E-state index in [1.807, 2.05) is 13.8 Å². The average molecular weight is 470 g/mol. The van der Waals surface area contributed by atoms with Gasteiger partial charge in [0.05, 0.1) is 4.92 Å². The van der Waals surface area contributed by atoms with E-state index in [2.05, 4.69) is 43.2 Å². The van der Waals surface area contributed by atoms with Gasteiger partial charge in [-0.25, -0.2) is 4.79 Å². The van der Waals surface area contributed by atoms with Crippen LogP contribution in [0.25, 0.3) is 0 Å². The van der Waals surface area contributed by atoms with Gasteiger partial charge in [-0.3, -0.25) is 15.4 Å². The second kappa shape index (κ2) is 13.8. The van der Waals surface area contributed by atoms with Gasteiger partial charge in [-0.1, -0.05) is 17.9 Å². The highest BCUT2D eigenvalue weighted by Crippen LogP contribution is 2.17. The van der Waals surface area contributed by atoms with Crippen LogP contribution in [0.1, 0.15) is 58.2 Å². The number of nitrogens with zero attached hydrogens (tertiary/aromatic N) is 1. The van der Waals surface area contributed by atoms with Crippen molar-refractivity contribution in [1.82, 2.24) is 5.32 Å². The van der Waals surface area contributed by atoms with E-state index in [-0.39, 0.29) is 5.69 Å². The summed E-state index contributed by atoms with van der Waals surface area (Å²) in [4.78, 5) is 30.3. The smallest absolute Gasteiger partial charge is 0.412 e. The maximum Gasteiger partial charge on any atom is 0.412 e. The molecule has 0 fully saturated rings. The molecule has 0 saturated heterocycles. The molecule has 0 saturated carbocycles. The molecule has 34 heavy (non-hydrogen) atoms. The molecule has 0 aliphatic rings. The summed E-state index contributed by atoms with van der Waals surface area (Å²) in [5.74, 6) is 5.87. The van der Waals surface area contributed by atoms with Crippen LogP contribution in [0.2, 0.25) is 0 Å². The molecule has 2 aromatic carbocycles. The molecule has 8 nitrogen and oxygen atoms in total. The van der Waals surface area contributed by atoms with Crippen LogP contribution >= 0.6 is 0 Å². The molecule has 2 N–H and O–H groups in total. The molecular formula is C26H35N3O5. The van der Waals surface area contributed by atoms with Crippen LogP contribution in [0, 0.1) is 28.9 Å². The van der Waals surface area contributed by atoms with Crippen LogP contribution in [-0.4, -0.2) is 36.0 Å². The number of hydrogen-bond acceptors (Lipinski definition) is 6. The summed E-state index contributed by atoms with van der Waals surface area (Å²) in [5, 5.41) is 16.7. The highest BCUT2D eigenvalue weighted by molar-refractivity contribution is 5.85. The van der Waals surface area contributed by atoms with Crippen LogP contribution in [0.5, 0.6) is 0 Å². The summed E-state index contributed by atoms with van der Waals surface area (Å²) in [6, 6.07) is 11.7. The summed E-state index contributed by atoms with van der Waals surface area (Å²) >= 11 is 0. The van der Waals surface area contributed by atoms with Crippen molar-refractivity contribution in [2.24, 2.45) is 0 Å². The SMILES string of the molecule is C=O.CNC(C)(C)C.Cc1cc(C#Cc2cccc(NC(=O)OC(C)(C)C)c2)cc([N+](=O)[O-])c1. The molecule has 2 aromatic rings. The first kappa shape index (κ1) is 30.3. The number of amides is 1. The molecule has 0 heterocycles. The molecule has 0 radical (unpaired) electrons. The number of carbonyl (C=O) groups excluding carboxylic acids is 2. The predicted molar refractivity (Wildman–Crippen MR) is 136 cm³/mol. The molecule has 2 rings (SSSR count). The van der Waals surface area contributed by atoms with Gasteiger partial charge in [0.25, 0.3) is 5.69 Å². The van der Waals surface area contributed by atoms with E-state index in [0.29, 0.717) is 22.4 Å². The number of hydrogen-bond donors (Lipinski definition) is 2. The maximum atomic E-state index is 11.8. The highest BCUT2D eigenvalue weighted by atomic mass is 16.6. The van der Waals surface area contributed by atoms with Crippen LogP contribution < -0.4 is 10.6 Å². The third kappa shape index (κ3) is 13.7. The Kier molecular flexibility index (Phi) is 12.3. The van der Waals surface area contributed by atoms with Gasteiger partial charge in [0.15, 0.2) is 0 Å². The number of anilines is 1. The van der Waals surface area contributed by atoms with Crippen LogP contribution in [0.15, 0.2) is 42.5 Å². The van der Waals surface area contributed by atoms with Crippen LogP contribution in [0.3, 0.4) is 0 Å². The molecular weight excluding hydrogens is 434 g/mol. The fourth-order valence-electron chi connectivity index (χ4n) is 2.18. The summed E-state index contributed by atoms with van der Waals surface area (Å²) < 4.78 is 5.21. The fraction of sp³-hybridized carbons (Fsp3) is 0.385. The topological polar surface area (TPSA) is 111 Å². The summed E-state index contributed by atoms with van der Waals surface area (Å²) in [7, 11) is 1.96. The zero-order valence-electron chi connectivity index (χ0n) is 21.2. The Hall–Kier alpha value is -3.70. The zero-order chi connectivity index (χ0) is 26.5. The lowest BCUT2D eigenvalue weighted by Gasteiger charge is -2.19. The Morgan fingerprint density at radius 2 is 1.56 bits per heavy atom. The van der Waals surface area contributed by atoms with Crippen molar-refractivity contribution in [3.05, 3.63) is 69.3 Å². The van der Waals surface area contributed by atoms with Gasteiger partial charge in [-0.05, 0) is 85.3 Å². The highest BCUT2D eigenvalue weighted by Gasteiger charge is 2.16. The van der Waals surface area contributed by atoms with E-state index >= 15 is 0 Å². The van der Waals surface area contributed by atoms with E-state index in [9.17, 15) is 14.9 Å². The lowest BCUT2D eigenvalue weighted by atomic mass is 10.1. The van der Waals surface area contributed by atoms with Crippen molar-refractivity contribution >= 4 is 24.3 Å². The Balaban J connectivity index is 0.00000118. The maximum absolute atomic E-state index is 11.8. The van der Waals surface area contributed by atoms with E-state index < -0.39 is 16.6 Å². The van der Waals surface area contributed by atoms with Gasteiger partial charge in [0.2, 0.25) is 0 Å². The van der Waals surface area contributed by atoms with E-state index in [1.54, 1.807) is 58.0 Å². The molecule has 1 amide bonds. The second-order valence-corrected chi connectivity index (χ2v) is 9.27. The van der Waals surface area contributed by atoms with Crippen molar-refractivity contribution in [2.45, 2.75) is 59.6 Å². The zero-order valence-corrected chi connectivity index (χ0v) is 21.2. The Morgan fingerprint density at radius 1 is 1.00 bits per heavy atom. The largest absolute Gasteiger partial charge is 0.444 e. The first-order chi connectivity index (χ1) is 15.7. The van der Waals surface area contributed by atoms with Crippen molar-refractivity contribution in [3.8, 4) is 11.8 Å². The second-order valence-electron chi connectivity index (χ2n) is 9.27. The number of non-ortho nitro benzene ring substituents is 1. The van der Waals surface area contributed by atoms with E-state index in [4.69, 9.17) is 9.53 Å². The first-order valence-electron chi connectivity index (χ1n) is 10.5. The molecule has 0 aromatic heterocycles. The van der Waals surface area contributed by atoms with Crippen molar-refractivity contribution < 1.29 is 19.2 Å². The molecule has 8 heteroatoms. The summed E-state index contributed by atoms with van der Waals surface area (Å²) in [6.45, 7) is 15.5. The summed E-state index contributed by atoms with van der Waals surface area (Å²) in [6.07, 6.45) is -0.545. The van der Waals surface area contributed by atoms with Gasteiger partial charge >= 0.3 is 6.09 Å². The first-order valence-corrected chi connectivity index (χ1v) is 10.5. The summed E-state index contributed by atoms with van der Waals surface area (Å²) in [5.41, 5.74) is 2.27. The number of ether oxygens (including phenoxy) is 1. The third-order valence-corrected chi connectivity index (χ3v) is 3.88. The Morgan fingerprint density at radius 3 is 2.06 bits per heavy atom. The minimum absolute atomic E-state index is 0.00893. The molecule has 0 aliphatic heterocycles. The van der Waals surface area contributed by atoms with Gasteiger partial charge in [-0.15, -0.1) is 0 Å². The lowest BCUT2D eigenvalue weighted by Crippen LogP contribution is -2.31. The molecule has 0 bridgehead atoms. The average Bonchev–Trinajstić information content (AvgIpc) is 2.72. The van der Waals surface area contributed by atoms with Crippen LogP contribution in [0.4, 0.5) is 16.2 Å². The number of nitrogens with one attached hydrogen (secondary N) is 2. The molecule has 0 atom stereocenters. The molecule has 0 unspecified atom stereocenters. The third-order valence-electron chi connectivity index (χ3n) is 3.88. The van der Waals surface area contributed by atoms with E-state index in [0.717, 1.165) is 5.56 Å². The van der Waals surface area contributed by atoms with E-state index in [1.165, 1.54) is 12.1 Å².